The van der Waals surface area contributed by atoms with Gasteiger partial charge in [0.15, 0.2) is 0 Å². The Bertz CT molecular complexity index is 580. The van der Waals surface area contributed by atoms with Gasteiger partial charge >= 0.3 is 0 Å². The van der Waals surface area contributed by atoms with Crippen molar-refractivity contribution in [3.05, 3.63) is 29.8 Å². The van der Waals surface area contributed by atoms with Gasteiger partial charge in [-0.2, -0.15) is 0 Å². The lowest BCUT2D eigenvalue weighted by Gasteiger charge is -2.31. The van der Waals surface area contributed by atoms with E-state index in [9.17, 15) is 8.42 Å². The fraction of sp³-hybridized carbons (Fsp3) is 0.647. The van der Waals surface area contributed by atoms with E-state index in [1.807, 2.05) is 12.1 Å². The van der Waals surface area contributed by atoms with E-state index in [4.69, 9.17) is 0 Å². The average molecular weight is 324 g/mol. The van der Waals surface area contributed by atoms with E-state index >= 15 is 0 Å². The summed E-state index contributed by atoms with van der Waals surface area (Å²) in [6, 6.07) is 7.30. The molecule has 4 nitrogen and oxygen atoms in total. The van der Waals surface area contributed by atoms with Crippen LogP contribution >= 0.6 is 0 Å². The summed E-state index contributed by atoms with van der Waals surface area (Å²) in [6.07, 6.45) is 1.76. The standard InChI is InChI=1S/C17H28N2O2S/c1-5-19-12-10-15(11-13-19)18-22(20,21)16-8-6-14(7-9-16)17(2,3)4/h6-9,15,18H,5,10-13H2,1-4H3. The van der Waals surface area contributed by atoms with Crippen molar-refractivity contribution in [1.82, 2.24) is 9.62 Å². The number of rotatable bonds is 4. The summed E-state index contributed by atoms with van der Waals surface area (Å²) in [5, 5.41) is 0. The summed E-state index contributed by atoms with van der Waals surface area (Å²) in [4.78, 5) is 2.71. The highest BCUT2D eigenvalue weighted by Gasteiger charge is 2.24. The fourth-order valence-electron chi connectivity index (χ4n) is 2.79. The van der Waals surface area contributed by atoms with Crippen LogP contribution in [0.1, 0.15) is 46.1 Å². The number of sulfonamides is 1. The van der Waals surface area contributed by atoms with Crippen LogP contribution in [0, 0.1) is 0 Å². The number of benzene rings is 1. The first-order chi connectivity index (χ1) is 10.2. The molecular weight excluding hydrogens is 296 g/mol. The first-order valence-corrected chi connectivity index (χ1v) is 9.56. The monoisotopic (exact) mass is 324 g/mol. The molecule has 0 unspecified atom stereocenters. The van der Waals surface area contributed by atoms with E-state index in [1.54, 1.807) is 12.1 Å². The number of likely N-dealkylation sites (tertiary alicyclic amines) is 1. The van der Waals surface area contributed by atoms with Crippen LogP contribution < -0.4 is 4.72 Å². The Balaban J connectivity index is 2.04. The highest BCUT2D eigenvalue weighted by molar-refractivity contribution is 7.89. The molecule has 0 amide bonds. The predicted molar refractivity (Wildman–Crippen MR) is 90.6 cm³/mol. The largest absolute Gasteiger partial charge is 0.303 e. The summed E-state index contributed by atoms with van der Waals surface area (Å²) < 4.78 is 27.8. The Morgan fingerprint density at radius 1 is 1.14 bits per heavy atom. The normalized spacial score (nSPS) is 18.5. The van der Waals surface area contributed by atoms with Gasteiger partial charge in [-0.3, -0.25) is 0 Å². The number of nitrogens with zero attached hydrogens (tertiary/aromatic N) is 1. The zero-order valence-electron chi connectivity index (χ0n) is 14.1. The minimum Gasteiger partial charge on any atom is -0.303 e. The molecule has 1 aliphatic heterocycles. The molecule has 0 aromatic heterocycles. The molecule has 5 heteroatoms. The summed E-state index contributed by atoms with van der Waals surface area (Å²) in [7, 11) is -3.41. The van der Waals surface area contributed by atoms with Gasteiger partial charge in [-0.25, -0.2) is 13.1 Å². The molecule has 0 radical (unpaired) electrons. The van der Waals surface area contributed by atoms with Crippen LogP contribution in [0.25, 0.3) is 0 Å². The number of hydrogen-bond donors (Lipinski definition) is 1. The van der Waals surface area contributed by atoms with Crippen LogP contribution in [0.5, 0.6) is 0 Å². The third kappa shape index (κ3) is 4.31. The second kappa shape index (κ2) is 6.69. The van der Waals surface area contributed by atoms with Crippen LogP contribution in [0.4, 0.5) is 0 Å². The Morgan fingerprint density at radius 3 is 2.14 bits per heavy atom. The molecule has 0 bridgehead atoms. The predicted octanol–water partition coefficient (Wildman–Crippen LogP) is 2.75. The van der Waals surface area contributed by atoms with E-state index in [2.05, 4.69) is 37.3 Å². The molecule has 0 atom stereocenters. The lowest BCUT2D eigenvalue weighted by molar-refractivity contribution is 0.217. The van der Waals surface area contributed by atoms with Gasteiger partial charge in [-0.1, -0.05) is 39.8 Å². The molecule has 0 saturated carbocycles. The van der Waals surface area contributed by atoms with Crippen molar-refractivity contribution in [3.63, 3.8) is 0 Å². The van der Waals surface area contributed by atoms with Gasteiger partial charge in [0.2, 0.25) is 10.0 Å². The summed E-state index contributed by atoms with van der Waals surface area (Å²) in [5.74, 6) is 0. The molecular formula is C17H28N2O2S. The highest BCUT2D eigenvalue weighted by Crippen LogP contribution is 2.23. The third-order valence-electron chi connectivity index (χ3n) is 4.39. The maximum atomic E-state index is 12.5. The molecule has 22 heavy (non-hydrogen) atoms. The van der Waals surface area contributed by atoms with E-state index in [0.29, 0.717) is 4.90 Å². The van der Waals surface area contributed by atoms with Crippen LogP contribution in [-0.4, -0.2) is 39.0 Å². The van der Waals surface area contributed by atoms with Crippen molar-refractivity contribution in [2.24, 2.45) is 0 Å². The Hall–Kier alpha value is -0.910. The summed E-state index contributed by atoms with van der Waals surface area (Å²) in [6.45, 7) is 11.5. The molecule has 2 rings (SSSR count). The Labute approximate surface area is 135 Å². The van der Waals surface area contributed by atoms with Gasteiger partial charge in [0, 0.05) is 6.04 Å². The lowest BCUT2D eigenvalue weighted by atomic mass is 9.87. The van der Waals surface area contributed by atoms with Crippen molar-refractivity contribution < 1.29 is 8.42 Å². The van der Waals surface area contributed by atoms with Crippen LogP contribution in [0.15, 0.2) is 29.2 Å². The quantitative estimate of drug-likeness (QED) is 0.926. The van der Waals surface area contributed by atoms with Crippen molar-refractivity contribution in [3.8, 4) is 0 Å². The SMILES string of the molecule is CCN1CCC(NS(=O)(=O)c2ccc(C(C)(C)C)cc2)CC1. The first kappa shape index (κ1) is 17.4. The van der Waals surface area contributed by atoms with Crippen LogP contribution in [0.2, 0.25) is 0 Å². The minimum atomic E-state index is -3.41. The van der Waals surface area contributed by atoms with Gasteiger partial charge in [-0.05, 0) is 55.6 Å². The van der Waals surface area contributed by atoms with E-state index < -0.39 is 10.0 Å². The first-order valence-electron chi connectivity index (χ1n) is 8.07. The van der Waals surface area contributed by atoms with Crippen molar-refractivity contribution in [1.29, 1.82) is 0 Å². The van der Waals surface area contributed by atoms with Crippen molar-refractivity contribution in [2.45, 2.75) is 56.9 Å². The lowest BCUT2D eigenvalue weighted by Crippen LogP contribution is -2.44. The van der Waals surface area contributed by atoms with Gasteiger partial charge in [0.05, 0.1) is 4.90 Å². The minimum absolute atomic E-state index is 0.0305. The van der Waals surface area contributed by atoms with Crippen LogP contribution in [0.3, 0.4) is 0 Å². The number of hydrogen-bond acceptors (Lipinski definition) is 3. The molecule has 1 fully saturated rings. The Morgan fingerprint density at radius 2 is 1.68 bits per heavy atom. The van der Waals surface area contributed by atoms with Gasteiger partial charge in [-0.15, -0.1) is 0 Å². The second-order valence-electron chi connectivity index (χ2n) is 7.10. The van der Waals surface area contributed by atoms with Gasteiger partial charge in [0.1, 0.15) is 0 Å². The average Bonchev–Trinajstić information content (AvgIpc) is 2.47. The number of nitrogens with one attached hydrogen (secondary N) is 1. The topological polar surface area (TPSA) is 49.4 Å². The van der Waals surface area contributed by atoms with Crippen LogP contribution in [-0.2, 0) is 15.4 Å². The molecule has 1 aliphatic rings. The molecule has 1 N–H and O–H groups in total. The van der Waals surface area contributed by atoms with E-state index in [-0.39, 0.29) is 11.5 Å². The fourth-order valence-corrected chi connectivity index (χ4v) is 4.09. The van der Waals surface area contributed by atoms with Crippen molar-refractivity contribution in [2.75, 3.05) is 19.6 Å². The molecule has 0 aliphatic carbocycles. The molecule has 1 heterocycles. The van der Waals surface area contributed by atoms with Gasteiger partial charge in [0.25, 0.3) is 0 Å². The second-order valence-corrected chi connectivity index (χ2v) is 8.82. The number of piperidine rings is 1. The van der Waals surface area contributed by atoms with Crippen molar-refractivity contribution >= 4 is 10.0 Å². The molecule has 0 spiro atoms. The third-order valence-corrected chi connectivity index (χ3v) is 5.92. The smallest absolute Gasteiger partial charge is 0.240 e. The van der Waals surface area contributed by atoms with Gasteiger partial charge < -0.3 is 4.90 Å². The molecule has 1 aromatic carbocycles. The maximum Gasteiger partial charge on any atom is 0.240 e. The molecule has 1 saturated heterocycles. The zero-order chi connectivity index (χ0) is 16.4. The summed E-state index contributed by atoms with van der Waals surface area (Å²) >= 11 is 0. The zero-order valence-corrected chi connectivity index (χ0v) is 14.9. The van der Waals surface area contributed by atoms with E-state index in [0.717, 1.165) is 38.0 Å². The maximum absolute atomic E-state index is 12.5. The molecule has 1 aromatic rings. The van der Waals surface area contributed by atoms with E-state index in [1.165, 1.54) is 0 Å². The summed E-state index contributed by atoms with van der Waals surface area (Å²) in [5.41, 5.74) is 1.17. The highest BCUT2D eigenvalue weighted by atomic mass is 32.2. The Kier molecular flexibility index (Phi) is 5.30. The molecule has 124 valence electrons.